The van der Waals surface area contributed by atoms with Crippen LogP contribution in [-0.4, -0.2) is 94.4 Å². The van der Waals surface area contributed by atoms with Crippen molar-refractivity contribution in [2.75, 3.05) is 36.0 Å². The minimum absolute atomic E-state index is 0.0375. The fourth-order valence-electron chi connectivity index (χ4n) is 8.40. The van der Waals surface area contributed by atoms with E-state index >= 15 is 0 Å². The monoisotopic (exact) mass is 772 g/mol. The Morgan fingerprint density at radius 3 is 2.04 bits per heavy atom. The topological polar surface area (TPSA) is 159 Å². The van der Waals surface area contributed by atoms with Crippen LogP contribution in [0.2, 0.25) is 0 Å². The van der Waals surface area contributed by atoms with Gasteiger partial charge in [0, 0.05) is 67.9 Å². The third-order valence-electron chi connectivity index (χ3n) is 12.2. The summed E-state index contributed by atoms with van der Waals surface area (Å²) in [5, 5.41) is 41.8. The average molecular weight is 773 g/mol. The molecule has 0 aliphatic carbocycles. The molecule has 2 aliphatic rings. The number of aromatic hydroxyl groups is 1. The number of aryl methyl sites for hydroxylation is 3. The van der Waals surface area contributed by atoms with Crippen LogP contribution in [0.3, 0.4) is 0 Å². The molecular formula is C43H56N12O2. The molecule has 0 amide bonds. The lowest BCUT2D eigenvalue weighted by Gasteiger charge is -2.46. The fourth-order valence-corrected chi connectivity index (χ4v) is 8.40. The second kappa shape index (κ2) is 14.6. The molecule has 3 unspecified atom stereocenters. The Morgan fingerprint density at radius 2 is 1.40 bits per heavy atom. The number of nitrogens with one attached hydrogen (secondary N) is 2. The second-order valence-corrected chi connectivity index (χ2v) is 18.1. The third kappa shape index (κ3) is 8.02. The van der Waals surface area contributed by atoms with Gasteiger partial charge in [-0.2, -0.15) is 5.10 Å². The largest absolute Gasteiger partial charge is 0.507 e. The van der Waals surface area contributed by atoms with Gasteiger partial charge in [0.15, 0.2) is 28.8 Å². The summed E-state index contributed by atoms with van der Waals surface area (Å²) in [5.41, 5.74) is 6.70. The van der Waals surface area contributed by atoms with Gasteiger partial charge in [0.25, 0.3) is 0 Å². The maximum absolute atomic E-state index is 10.7. The minimum atomic E-state index is -0.0922. The van der Waals surface area contributed by atoms with Gasteiger partial charge in [-0.1, -0.05) is 20.8 Å². The first-order chi connectivity index (χ1) is 27.0. The molecule has 0 bridgehead atoms. The number of anilines is 2. The maximum atomic E-state index is 10.7. The summed E-state index contributed by atoms with van der Waals surface area (Å²) in [6, 6.07) is 14.1. The molecule has 8 rings (SSSR count). The van der Waals surface area contributed by atoms with Crippen molar-refractivity contribution in [1.82, 2.24) is 50.6 Å². The number of hydrogen-bond donors (Lipinski definition) is 3. The number of phenols is 1. The lowest BCUT2D eigenvalue weighted by atomic mass is 9.70. The van der Waals surface area contributed by atoms with E-state index in [1.807, 2.05) is 48.8 Å². The van der Waals surface area contributed by atoms with E-state index in [2.05, 4.69) is 98.4 Å². The van der Waals surface area contributed by atoms with Crippen LogP contribution < -0.4 is 20.4 Å². The normalized spacial score (nSPS) is 19.0. The highest BCUT2D eigenvalue weighted by Crippen LogP contribution is 2.38. The molecule has 57 heavy (non-hydrogen) atoms. The quantitative estimate of drug-likeness (QED) is 0.126. The Balaban J connectivity index is 0.852. The third-order valence-corrected chi connectivity index (χ3v) is 12.2. The van der Waals surface area contributed by atoms with Crippen molar-refractivity contribution in [3.63, 3.8) is 0 Å². The van der Waals surface area contributed by atoms with Crippen molar-refractivity contribution in [1.29, 1.82) is 0 Å². The van der Waals surface area contributed by atoms with Crippen molar-refractivity contribution in [3.8, 4) is 28.4 Å². The molecule has 3 N–H and O–H groups in total. The Morgan fingerprint density at radius 1 is 0.754 bits per heavy atom. The number of phenolic OH excluding ortho intramolecular Hbond substituents is 1. The first-order valence-electron chi connectivity index (χ1n) is 20.2. The molecule has 1 aromatic carbocycles. The molecule has 0 radical (unpaired) electrons. The summed E-state index contributed by atoms with van der Waals surface area (Å²) in [6.45, 7) is 23.5. The number of imidazole rings is 1. The second-order valence-electron chi connectivity index (χ2n) is 18.1. The summed E-state index contributed by atoms with van der Waals surface area (Å²) in [7, 11) is 0. The van der Waals surface area contributed by atoms with E-state index in [4.69, 9.17) is 9.52 Å². The van der Waals surface area contributed by atoms with Gasteiger partial charge in [0.05, 0.1) is 17.6 Å². The number of nitrogens with zero attached hydrogens (tertiary/aromatic N) is 10. The highest BCUT2D eigenvalue weighted by atomic mass is 16.3. The van der Waals surface area contributed by atoms with Gasteiger partial charge in [-0.3, -0.25) is 0 Å². The predicted octanol–water partition coefficient (Wildman–Crippen LogP) is 6.82. The van der Waals surface area contributed by atoms with E-state index in [1.54, 1.807) is 19.1 Å². The smallest absolute Gasteiger partial charge is 0.192 e. The number of fused-ring (bicyclic) bond motifs is 2. The van der Waals surface area contributed by atoms with Crippen molar-refractivity contribution in [3.05, 3.63) is 65.8 Å². The van der Waals surface area contributed by atoms with Crippen LogP contribution in [0.4, 0.5) is 11.6 Å². The number of hydrogen-bond acceptors (Lipinski definition) is 13. The first kappa shape index (κ1) is 38.7. The number of benzene rings is 1. The maximum Gasteiger partial charge on any atom is 0.192 e. The van der Waals surface area contributed by atoms with Gasteiger partial charge < -0.3 is 30.0 Å². The van der Waals surface area contributed by atoms with E-state index in [0.717, 1.165) is 91.8 Å². The highest BCUT2D eigenvalue weighted by Gasteiger charge is 2.42. The Bertz CT molecular complexity index is 2380. The van der Waals surface area contributed by atoms with E-state index < -0.39 is 0 Å². The van der Waals surface area contributed by atoms with Crippen LogP contribution in [0.1, 0.15) is 84.4 Å². The zero-order valence-electron chi connectivity index (χ0n) is 34.8. The summed E-state index contributed by atoms with van der Waals surface area (Å²) in [6.07, 6.45) is 6.07. The van der Waals surface area contributed by atoms with Crippen LogP contribution in [-0.2, 0) is 0 Å². The van der Waals surface area contributed by atoms with Crippen LogP contribution >= 0.6 is 0 Å². The van der Waals surface area contributed by atoms with E-state index in [9.17, 15) is 5.11 Å². The molecule has 3 atom stereocenters. The van der Waals surface area contributed by atoms with Crippen molar-refractivity contribution in [2.24, 2.45) is 5.41 Å². The highest BCUT2D eigenvalue weighted by molar-refractivity contribution is 5.83. The molecule has 5 aromatic heterocycles. The van der Waals surface area contributed by atoms with Crippen molar-refractivity contribution in [2.45, 2.75) is 111 Å². The Hall–Kier alpha value is -5.21. The standard InChI is InChI=1S/C43H56N12O2/c1-26-20-34(52-55-23-27(2)44-40(26)55)33-11-13-39(51-49-33)53-18-14-29(24-53)46-42(7,8)16-17-43(9,41(4,5)6)47-30-15-19-54(25-30)38-12-10-32(48-50-38)31-21-37-35(22-36(31)56)45-28(3)57-37/h10-13,20-23,29-30,46-47,56H,14-19,24-25H2,1-9H3. The molecule has 2 fully saturated rings. The molecule has 0 spiro atoms. The van der Waals surface area contributed by atoms with Crippen LogP contribution in [0.25, 0.3) is 39.4 Å². The Kier molecular flexibility index (Phi) is 9.92. The molecule has 6 aromatic rings. The summed E-state index contributed by atoms with van der Waals surface area (Å²) in [4.78, 5) is 13.5. The number of aromatic nitrogens is 8. The summed E-state index contributed by atoms with van der Waals surface area (Å²) >= 11 is 0. The molecular weight excluding hydrogens is 717 g/mol. The summed E-state index contributed by atoms with van der Waals surface area (Å²) in [5.74, 6) is 2.39. The lowest BCUT2D eigenvalue weighted by Crippen LogP contribution is -2.58. The van der Waals surface area contributed by atoms with Gasteiger partial charge >= 0.3 is 0 Å². The zero-order valence-corrected chi connectivity index (χ0v) is 34.8. The molecule has 14 heteroatoms. The van der Waals surface area contributed by atoms with Crippen molar-refractivity contribution >= 4 is 28.4 Å². The van der Waals surface area contributed by atoms with Gasteiger partial charge in [-0.05, 0) is 108 Å². The molecule has 7 heterocycles. The van der Waals surface area contributed by atoms with E-state index in [0.29, 0.717) is 40.3 Å². The van der Waals surface area contributed by atoms with Gasteiger partial charge in [0.2, 0.25) is 0 Å². The molecule has 2 aliphatic heterocycles. The van der Waals surface area contributed by atoms with Gasteiger partial charge in [-0.15, -0.1) is 20.4 Å². The molecule has 2 saturated heterocycles. The number of oxazole rings is 1. The van der Waals surface area contributed by atoms with Gasteiger partial charge in [0.1, 0.15) is 22.7 Å². The Labute approximate surface area is 334 Å². The van der Waals surface area contributed by atoms with Crippen LogP contribution in [0, 0.1) is 26.2 Å². The minimum Gasteiger partial charge on any atom is -0.507 e. The predicted molar refractivity (Wildman–Crippen MR) is 224 cm³/mol. The molecule has 0 saturated carbocycles. The summed E-state index contributed by atoms with van der Waals surface area (Å²) < 4.78 is 7.50. The van der Waals surface area contributed by atoms with E-state index in [-0.39, 0.29) is 22.2 Å². The fraction of sp³-hybridized carbons (Fsp3) is 0.512. The van der Waals surface area contributed by atoms with Crippen LogP contribution in [0.5, 0.6) is 5.75 Å². The molecule has 14 nitrogen and oxygen atoms in total. The van der Waals surface area contributed by atoms with Gasteiger partial charge in [-0.25, -0.2) is 14.5 Å². The SMILES string of the molecule is Cc1cn2nc(-c3ccc(N4CCC(NC(C)(C)CCC(C)(NC5CCN(c6ccc(-c7cc8oc(C)nc8cc7O)nn6)C5)C(C)(C)C)C4)nn3)cc(C)c2n1. The zero-order chi connectivity index (χ0) is 40.3. The first-order valence-corrected chi connectivity index (χ1v) is 20.2. The lowest BCUT2D eigenvalue weighted by molar-refractivity contribution is 0.115. The van der Waals surface area contributed by atoms with Crippen LogP contribution in [0.15, 0.2) is 53.1 Å². The van der Waals surface area contributed by atoms with E-state index in [1.165, 1.54) is 0 Å². The number of rotatable bonds is 11. The average Bonchev–Trinajstić information content (AvgIpc) is 3.97. The molecule has 300 valence electrons. The van der Waals surface area contributed by atoms with Crippen molar-refractivity contribution < 1.29 is 9.52 Å².